The molecule has 1 amide bonds. The number of fused-ring (bicyclic) bond motifs is 1. The Bertz CT molecular complexity index is 686. The standard InChI is InChI=1S/C15H13IN2O2/c16-12-3-1-10(8-14(12)19)15(20)18-11-2-4-13-9(7-11)5-6-17-13/h1-4,7-8,17,19H,5-6H2,(H,18,20). The number of benzene rings is 2. The minimum absolute atomic E-state index is 0.122. The molecular formula is C15H13IN2O2. The number of hydrogen-bond donors (Lipinski definition) is 3. The van der Waals surface area contributed by atoms with E-state index in [-0.39, 0.29) is 11.7 Å². The Hall–Kier alpha value is -1.76. The molecule has 0 unspecified atom stereocenters. The molecule has 20 heavy (non-hydrogen) atoms. The first-order valence-electron chi connectivity index (χ1n) is 6.30. The Kier molecular flexibility index (Phi) is 3.52. The maximum Gasteiger partial charge on any atom is 0.255 e. The van der Waals surface area contributed by atoms with Crippen LogP contribution in [0, 0.1) is 3.57 Å². The zero-order chi connectivity index (χ0) is 14.1. The van der Waals surface area contributed by atoms with Crippen LogP contribution in [0.3, 0.4) is 0 Å². The van der Waals surface area contributed by atoms with Crippen molar-refractivity contribution in [3.63, 3.8) is 0 Å². The molecule has 0 spiro atoms. The number of aromatic hydroxyl groups is 1. The monoisotopic (exact) mass is 380 g/mol. The number of carbonyl (C=O) groups excluding carboxylic acids is 1. The van der Waals surface area contributed by atoms with E-state index in [0.717, 1.165) is 27.9 Å². The molecule has 0 bridgehead atoms. The van der Waals surface area contributed by atoms with Crippen molar-refractivity contribution < 1.29 is 9.90 Å². The predicted molar refractivity (Wildman–Crippen MR) is 87.4 cm³/mol. The fraction of sp³-hybridized carbons (Fsp3) is 0.133. The van der Waals surface area contributed by atoms with Crippen LogP contribution in [0.2, 0.25) is 0 Å². The molecule has 1 aliphatic heterocycles. The van der Waals surface area contributed by atoms with Crippen molar-refractivity contribution in [2.24, 2.45) is 0 Å². The van der Waals surface area contributed by atoms with E-state index >= 15 is 0 Å². The van der Waals surface area contributed by atoms with E-state index in [1.54, 1.807) is 12.1 Å². The average Bonchev–Trinajstić information content (AvgIpc) is 2.89. The van der Waals surface area contributed by atoms with Gasteiger partial charge in [-0.15, -0.1) is 0 Å². The Morgan fingerprint density at radius 3 is 2.90 bits per heavy atom. The molecule has 1 aliphatic rings. The molecule has 3 rings (SSSR count). The molecule has 0 aromatic heterocycles. The summed E-state index contributed by atoms with van der Waals surface area (Å²) in [6.45, 7) is 0.942. The van der Waals surface area contributed by atoms with Gasteiger partial charge >= 0.3 is 0 Å². The second-order valence-corrected chi connectivity index (χ2v) is 5.83. The minimum atomic E-state index is -0.220. The zero-order valence-electron chi connectivity index (χ0n) is 10.6. The second-order valence-electron chi connectivity index (χ2n) is 4.67. The van der Waals surface area contributed by atoms with Crippen molar-refractivity contribution in [1.82, 2.24) is 0 Å². The van der Waals surface area contributed by atoms with Gasteiger partial charge in [-0.25, -0.2) is 0 Å². The van der Waals surface area contributed by atoms with Crippen LogP contribution in [0.4, 0.5) is 11.4 Å². The second kappa shape index (κ2) is 5.32. The van der Waals surface area contributed by atoms with Crippen LogP contribution in [-0.2, 0) is 6.42 Å². The maximum atomic E-state index is 12.1. The summed E-state index contributed by atoms with van der Waals surface area (Å²) >= 11 is 2.02. The van der Waals surface area contributed by atoms with E-state index < -0.39 is 0 Å². The fourth-order valence-electron chi connectivity index (χ4n) is 2.24. The molecular weight excluding hydrogens is 367 g/mol. The molecule has 0 saturated heterocycles. The highest BCUT2D eigenvalue weighted by molar-refractivity contribution is 14.1. The summed E-state index contributed by atoms with van der Waals surface area (Å²) in [5, 5.41) is 15.8. The summed E-state index contributed by atoms with van der Waals surface area (Å²) in [7, 11) is 0. The van der Waals surface area contributed by atoms with Crippen LogP contribution in [0.15, 0.2) is 36.4 Å². The van der Waals surface area contributed by atoms with Crippen LogP contribution >= 0.6 is 22.6 Å². The SMILES string of the molecule is O=C(Nc1ccc2c(c1)CCN2)c1ccc(I)c(O)c1. The summed E-state index contributed by atoms with van der Waals surface area (Å²) in [5.41, 5.74) is 3.57. The average molecular weight is 380 g/mol. The third kappa shape index (κ3) is 2.58. The third-order valence-electron chi connectivity index (χ3n) is 3.28. The van der Waals surface area contributed by atoms with Gasteiger partial charge in [0, 0.05) is 23.5 Å². The van der Waals surface area contributed by atoms with Gasteiger partial charge in [-0.3, -0.25) is 4.79 Å². The predicted octanol–water partition coefficient (Wildman–Crippen LogP) is 3.22. The molecule has 2 aromatic rings. The van der Waals surface area contributed by atoms with Crippen molar-refractivity contribution in [3.05, 3.63) is 51.1 Å². The lowest BCUT2D eigenvalue weighted by Gasteiger charge is -2.08. The van der Waals surface area contributed by atoms with Gasteiger partial charge in [-0.2, -0.15) is 0 Å². The normalized spacial score (nSPS) is 12.7. The molecule has 0 fully saturated rings. The summed E-state index contributed by atoms with van der Waals surface area (Å²) in [4.78, 5) is 12.1. The van der Waals surface area contributed by atoms with Crippen molar-refractivity contribution in [3.8, 4) is 5.75 Å². The number of amides is 1. The lowest BCUT2D eigenvalue weighted by Crippen LogP contribution is -2.11. The third-order valence-corrected chi connectivity index (χ3v) is 4.19. The molecule has 5 heteroatoms. The van der Waals surface area contributed by atoms with Crippen molar-refractivity contribution >= 4 is 39.9 Å². The van der Waals surface area contributed by atoms with Crippen LogP contribution in [0.25, 0.3) is 0 Å². The van der Waals surface area contributed by atoms with Crippen molar-refractivity contribution in [1.29, 1.82) is 0 Å². The Labute approximate surface area is 130 Å². The maximum absolute atomic E-state index is 12.1. The highest BCUT2D eigenvalue weighted by Gasteiger charge is 2.12. The summed E-state index contributed by atoms with van der Waals surface area (Å²) in [6.07, 6.45) is 0.976. The number of hydrogen-bond acceptors (Lipinski definition) is 3. The first kappa shape index (κ1) is 13.2. The van der Waals surface area contributed by atoms with Gasteiger partial charge in [-0.1, -0.05) is 0 Å². The Morgan fingerprint density at radius 1 is 1.25 bits per heavy atom. The molecule has 0 aliphatic carbocycles. The van der Waals surface area contributed by atoms with Gasteiger partial charge in [0.05, 0.1) is 3.57 Å². The summed E-state index contributed by atoms with van der Waals surface area (Å²) < 4.78 is 0.725. The fourth-order valence-corrected chi connectivity index (χ4v) is 2.58. The molecule has 0 radical (unpaired) electrons. The number of anilines is 2. The van der Waals surface area contributed by atoms with Crippen molar-refractivity contribution in [2.45, 2.75) is 6.42 Å². The number of phenols is 1. The molecule has 4 nitrogen and oxygen atoms in total. The Morgan fingerprint density at radius 2 is 2.10 bits per heavy atom. The smallest absolute Gasteiger partial charge is 0.255 e. The highest BCUT2D eigenvalue weighted by Crippen LogP contribution is 2.26. The minimum Gasteiger partial charge on any atom is -0.507 e. The van der Waals surface area contributed by atoms with Gasteiger partial charge in [0.1, 0.15) is 5.75 Å². The van der Waals surface area contributed by atoms with Gasteiger partial charge in [-0.05, 0) is 71.0 Å². The number of nitrogens with one attached hydrogen (secondary N) is 2. The lowest BCUT2D eigenvalue weighted by atomic mass is 10.1. The number of phenolic OH excluding ortho intramolecular Hbond substituents is 1. The largest absolute Gasteiger partial charge is 0.507 e. The van der Waals surface area contributed by atoms with Gasteiger partial charge in [0.25, 0.3) is 5.91 Å². The first-order chi connectivity index (χ1) is 9.63. The first-order valence-corrected chi connectivity index (χ1v) is 7.38. The number of carbonyl (C=O) groups is 1. The van der Waals surface area contributed by atoms with Crippen LogP contribution in [-0.4, -0.2) is 17.6 Å². The van der Waals surface area contributed by atoms with Crippen LogP contribution < -0.4 is 10.6 Å². The topological polar surface area (TPSA) is 61.4 Å². The van der Waals surface area contributed by atoms with Crippen LogP contribution in [0.5, 0.6) is 5.75 Å². The molecule has 0 saturated carbocycles. The molecule has 0 atom stereocenters. The van der Waals surface area contributed by atoms with Gasteiger partial charge in [0.15, 0.2) is 0 Å². The summed E-state index contributed by atoms with van der Waals surface area (Å²) in [5.74, 6) is -0.0981. The lowest BCUT2D eigenvalue weighted by molar-refractivity contribution is 0.102. The van der Waals surface area contributed by atoms with E-state index in [1.807, 2.05) is 40.8 Å². The van der Waals surface area contributed by atoms with Gasteiger partial charge < -0.3 is 15.7 Å². The zero-order valence-corrected chi connectivity index (χ0v) is 12.8. The van der Waals surface area contributed by atoms with E-state index in [9.17, 15) is 9.90 Å². The van der Waals surface area contributed by atoms with E-state index in [2.05, 4.69) is 10.6 Å². The van der Waals surface area contributed by atoms with E-state index in [4.69, 9.17) is 0 Å². The number of halogens is 1. The van der Waals surface area contributed by atoms with E-state index in [1.165, 1.54) is 11.6 Å². The highest BCUT2D eigenvalue weighted by atomic mass is 127. The molecule has 3 N–H and O–H groups in total. The Balaban J connectivity index is 1.80. The number of rotatable bonds is 2. The van der Waals surface area contributed by atoms with Crippen molar-refractivity contribution in [2.75, 3.05) is 17.2 Å². The van der Waals surface area contributed by atoms with Crippen LogP contribution in [0.1, 0.15) is 15.9 Å². The molecule has 2 aromatic carbocycles. The quantitative estimate of drug-likeness (QED) is 0.702. The molecule has 1 heterocycles. The van der Waals surface area contributed by atoms with E-state index in [0.29, 0.717) is 5.56 Å². The molecule has 102 valence electrons. The van der Waals surface area contributed by atoms with Gasteiger partial charge in [0.2, 0.25) is 0 Å². The summed E-state index contributed by atoms with van der Waals surface area (Å²) in [6, 6.07) is 10.7.